The number of nitrogens with two attached hydrogens (primary N) is 1. The Kier molecular flexibility index (Phi) is 6.79. The van der Waals surface area contributed by atoms with Crippen molar-refractivity contribution in [3.63, 3.8) is 0 Å². The first-order valence-corrected chi connectivity index (χ1v) is 11.0. The molecule has 176 valence electrons. The van der Waals surface area contributed by atoms with Crippen molar-refractivity contribution in [3.8, 4) is 16.9 Å². The summed E-state index contributed by atoms with van der Waals surface area (Å²) in [4.78, 5) is 13.4. The number of ether oxygens (including phenoxy) is 1. The number of anilines is 4. The number of methoxy groups -OCH3 is 1. The first-order chi connectivity index (χ1) is 16.4. The van der Waals surface area contributed by atoms with E-state index in [-0.39, 0.29) is 5.82 Å². The Balaban J connectivity index is 1.68. The quantitative estimate of drug-likeness (QED) is 0.367. The van der Waals surface area contributed by atoms with Crippen LogP contribution in [0.1, 0.15) is 0 Å². The van der Waals surface area contributed by atoms with Gasteiger partial charge in [-0.1, -0.05) is 30.3 Å². The SMILES string of the molecule is COc1cc(N(C)CCN(C)C)c(N)cc1Nc1ncc2cccc(-c3cccc(F)c3)c2n1. The minimum absolute atomic E-state index is 0.294. The van der Waals surface area contributed by atoms with Gasteiger partial charge >= 0.3 is 0 Å². The van der Waals surface area contributed by atoms with Crippen molar-refractivity contribution in [2.24, 2.45) is 0 Å². The number of benzene rings is 3. The van der Waals surface area contributed by atoms with Crippen LogP contribution in [0.15, 0.2) is 60.8 Å². The minimum Gasteiger partial charge on any atom is -0.494 e. The van der Waals surface area contributed by atoms with Crippen molar-refractivity contribution in [1.29, 1.82) is 0 Å². The largest absolute Gasteiger partial charge is 0.494 e. The van der Waals surface area contributed by atoms with Crippen LogP contribution in [-0.2, 0) is 0 Å². The lowest BCUT2D eigenvalue weighted by molar-refractivity contribution is 0.413. The fourth-order valence-electron chi connectivity index (χ4n) is 3.78. The van der Waals surface area contributed by atoms with Gasteiger partial charge in [0.1, 0.15) is 11.6 Å². The second-order valence-corrected chi connectivity index (χ2v) is 8.41. The number of halogens is 1. The second kappa shape index (κ2) is 9.93. The number of rotatable bonds is 8. The zero-order chi connectivity index (χ0) is 24.2. The summed E-state index contributed by atoms with van der Waals surface area (Å²) in [6.45, 7) is 1.72. The van der Waals surface area contributed by atoms with Crippen molar-refractivity contribution < 1.29 is 9.13 Å². The summed E-state index contributed by atoms with van der Waals surface area (Å²) in [6, 6.07) is 16.0. The summed E-state index contributed by atoms with van der Waals surface area (Å²) in [5.74, 6) is 0.725. The first-order valence-electron chi connectivity index (χ1n) is 11.0. The molecule has 7 nitrogen and oxygen atoms in total. The number of hydrogen-bond donors (Lipinski definition) is 2. The lowest BCUT2D eigenvalue weighted by Gasteiger charge is -2.24. The predicted molar refractivity (Wildman–Crippen MR) is 137 cm³/mol. The van der Waals surface area contributed by atoms with Crippen LogP contribution in [0.2, 0.25) is 0 Å². The Bertz CT molecular complexity index is 1310. The molecule has 0 aliphatic carbocycles. The molecule has 0 fully saturated rings. The fourth-order valence-corrected chi connectivity index (χ4v) is 3.78. The summed E-state index contributed by atoms with van der Waals surface area (Å²) < 4.78 is 19.5. The van der Waals surface area contributed by atoms with E-state index < -0.39 is 0 Å². The van der Waals surface area contributed by atoms with Crippen molar-refractivity contribution in [1.82, 2.24) is 14.9 Å². The lowest BCUT2D eigenvalue weighted by Crippen LogP contribution is -2.29. The molecule has 4 rings (SSSR count). The van der Waals surface area contributed by atoms with Crippen LogP contribution in [-0.4, -0.2) is 56.2 Å². The Morgan fingerprint density at radius 3 is 2.56 bits per heavy atom. The van der Waals surface area contributed by atoms with Gasteiger partial charge in [-0.2, -0.15) is 0 Å². The van der Waals surface area contributed by atoms with Crippen LogP contribution < -0.4 is 20.7 Å². The Hall–Kier alpha value is -3.91. The maximum atomic E-state index is 13.8. The number of nitrogens with zero attached hydrogens (tertiary/aromatic N) is 4. The number of likely N-dealkylation sites (N-methyl/N-ethyl adjacent to an activating group) is 2. The number of hydrogen-bond acceptors (Lipinski definition) is 7. The highest BCUT2D eigenvalue weighted by Crippen LogP contribution is 2.36. The van der Waals surface area contributed by atoms with Gasteiger partial charge in [0.25, 0.3) is 0 Å². The van der Waals surface area contributed by atoms with Gasteiger partial charge in [-0.25, -0.2) is 14.4 Å². The molecular formula is C26H29FN6O. The molecule has 0 saturated carbocycles. The molecule has 1 aromatic heterocycles. The van der Waals surface area contributed by atoms with Crippen molar-refractivity contribution in [2.45, 2.75) is 0 Å². The maximum Gasteiger partial charge on any atom is 0.227 e. The highest BCUT2D eigenvalue weighted by molar-refractivity contribution is 5.94. The lowest BCUT2D eigenvalue weighted by atomic mass is 10.0. The van der Waals surface area contributed by atoms with E-state index >= 15 is 0 Å². The molecule has 0 unspecified atom stereocenters. The van der Waals surface area contributed by atoms with E-state index in [0.717, 1.165) is 40.8 Å². The Labute approximate surface area is 199 Å². The van der Waals surface area contributed by atoms with Gasteiger partial charge < -0.3 is 25.6 Å². The highest BCUT2D eigenvalue weighted by atomic mass is 19.1. The Morgan fingerprint density at radius 2 is 1.82 bits per heavy atom. The van der Waals surface area contributed by atoms with Crippen LogP contribution in [0, 0.1) is 5.82 Å². The number of aromatic nitrogens is 2. The van der Waals surface area contributed by atoms with Gasteiger partial charge in [-0.3, -0.25) is 0 Å². The van der Waals surface area contributed by atoms with Gasteiger partial charge in [0, 0.05) is 43.4 Å². The van der Waals surface area contributed by atoms with E-state index in [4.69, 9.17) is 15.5 Å². The van der Waals surface area contributed by atoms with E-state index in [2.05, 4.69) is 20.1 Å². The molecule has 0 aliphatic heterocycles. The van der Waals surface area contributed by atoms with Crippen LogP contribution in [0.25, 0.3) is 22.0 Å². The zero-order valence-corrected chi connectivity index (χ0v) is 19.8. The molecule has 0 radical (unpaired) electrons. The third kappa shape index (κ3) is 5.02. The summed E-state index contributed by atoms with van der Waals surface area (Å²) in [7, 11) is 7.69. The van der Waals surface area contributed by atoms with Gasteiger partial charge in [0.2, 0.25) is 5.95 Å². The molecule has 0 atom stereocenters. The molecule has 0 bridgehead atoms. The van der Waals surface area contributed by atoms with Crippen LogP contribution in [0.3, 0.4) is 0 Å². The van der Waals surface area contributed by atoms with Gasteiger partial charge in [-0.05, 0) is 37.9 Å². The van der Waals surface area contributed by atoms with Crippen molar-refractivity contribution in [3.05, 3.63) is 66.6 Å². The number of nitrogen functional groups attached to an aromatic ring is 1. The third-order valence-electron chi connectivity index (χ3n) is 5.64. The highest BCUT2D eigenvalue weighted by Gasteiger charge is 2.14. The van der Waals surface area contributed by atoms with E-state index in [9.17, 15) is 4.39 Å². The second-order valence-electron chi connectivity index (χ2n) is 8.41. The first kappa shape index (κ1) is 23.3. The van der Waals surface area contributed by atoms with Crippen molar-refractivity contribution >= 4 is 33.9 Å². The Morgan fingerprint density at radius 1 is 1.03 bits per heavy atom. The minimum atomic E-state index is -0.294. The van der Waals surface area contributed by atoms with Crippen LogP contribution in [0.4, 0.5) is 27.4 Å². The molecule has 3 aromatic carbocycles. The fraction of sp³-hybridized carbons (Fsp3) is 0.231. The third-order valence-corrected chi connectivity index (χ3v) is 5.64. The number of fused-ring (bicyclic) bond motifs is 1. The molecule has 4 aromatic rings. The van der Waals surface area contributed by atoms with E-state index in [1.165, 1.54) is 12.1 Å². The number of para-hydroxylation sites is 1. The molecule has 8 heteroatoms. The maximum absolute atomic E-state index is 13.8. The van der Waals surface area contributed by atoms with Gasteiger partial charge in [-0.15, -0.1) is 0 Å². The van der Waals surface area contributed by atoms with Crippen molar-refractivity contribution in [2.75, 3.05) is 57.3 Å². The molecule has 0 aliphatic rings. The summed E-state index contributed by atoms with van der Waals surface area (Å²) in [5.41, 5.74) is 10.8. The zero-order valence-electron chi connectivity index (χ0n) is 19.8. The predicted octanol–water partition coefficient (Wildman–Crippen LogP) is 4.77. The molecular weight excluding hydrogens is 431 g/mol. The normalized spacial score (nSPS) is 11.1. The summed E-state index contributed by atoms with van der Waals surface area (Å²) in [5, 5.41) is 4.09. The standard InChI is InChI=1S/C26H29FN6O/c1-32(2)11-12-33(3)23-15-24(34-4)22(14-21(23)28)30-26-29-16-18-8-6-10-20(25(18)31-26)17-7-5-9-19(27)13-17/h5-10,13-16H,11-12,28H2,1-4H3,(H,29,30,31). The molecule has 34 heavy (non-hydrogen) atoms. The van der Waals surface area contributed by atoms with Gasteiger partial charge in [0.05, 0.1) is 29.7 Å². The molecule has 0 spiro atoms. The average Bonchev–Trinajstić information content (AvgIpc) is 2.82. The van der Waals surface area contributed by atoms with E-state index in [0.29, 0.717) is 23.1 Å². The van der Waals surface area contributed by atoms with Gasteiger partial charge in [0.15, 0.2) is 0 Å². The van der Waals surface area contributed by atoms with E-state index in [1.54, 1.807) is 19.4 Å². The van der Waals surface area contributed by atoms with Crippen LogP contribution in [0.5, 0.6) is 5.75 Å². The van der Waals surface area contributed by atoms with E-state index in [1.807, 2.05) is 57.5 Å². The molecule has 3 N–H and O–H groups in total. The monoisotopic (exact) mass is 460 g/mol. The van der Waals surface area contributed by atoms with Crippen LogP contribution >= 0.6 is 0 Å². The number of nitrogens with one attached hydrogen (secondary N) is 1. The summed E-state index contributed by atoms with van der Waals surface area (Å²) in [6.07, 6.45) is 1.74. The summed E-state index contributed by atoms with van der Waals surface area (Å²) >= 11 is 0. The smallest absolute Gasteiger partial charge is 0.227 e. The molecule has 0 saturated heterocycles. The molecule has 0 amide bonds. The topological polar surface area (TPSA) is 79.5 Å². The molecule has 1 heterocycles. The average molecular weight is 461 g/mol.